The first-order chi connectivity index (χ1) is 9.17. The van der Waals surface area contributed by atoms with Crippen molar-refractivity contribution in [3.63, 3.8) is 0 Å². The van der Waals surface area contributed by atoms with Crippen molar-refractivity contribution >= 4 is 17.5 Å². The first-order valence-corrected chi connectivity index (χ1v) is 6.17. The summed E-state index contributed by atoms with van der Waals surface area (Å²) in [7, 11) is 0. The minimum absolute atomic E-state index is 0.118. The third-order valence-corrected chi connectivity index (χ3v) is 2.34. The zero-order chi connectivity index (χ0) is 14.1. The molecule has 0 unspecified atom stereocenters. The van der Waals surface area contributed by atoms with E-state index in [0.29, 0.717) is 24.3 Å². The van der Waals surface area contributed by atoms with Gasteiger partial charge in [0.15, 0.2) is 0 Å². The Kier molecular flexibility index (Phi) is 6.32. The molecule has 102 valence electrons. The van der Waals surface area contributed by atoms with Crippen molar-refractivity contribution in [1.82, 2.24) is 10.6 Å². The van der Waals surface area contributed by atoms with Gasteiger partial charge in [-0.25, -0.2) is 0 Å². The molecule has 0 saturated heterocycles. The molecule has 2 amide bonds. The SMILES string of the molecule is C=CCNCC(=O)Nc1ccc(C(=O)NCC)cc1. The third kappa shape index (κ3) is 5.35. The van der Waals surface area contributed by atoms with Gasteiger partial charge >= 0.3 is 0 Å². The average molecular weight is 261 g/mol. The molecule has 0 fully saturated rings. The van der Waals surface area contributed by atoms with Crippen molar-refractivity contribution in [3.05, 3.63) is 42.5 Å². The number of anilines is 1. The molecule has 0 spiro atoms. The molecule has 5 nitrogen and oxygen atoms in total. The molecule has 0 radical (unpaired) electrons. The average Bonchev–Trinajstić information content (AvgIpc) is 2.40. The van der Waals surface area contributed by atoms with Crippen LogP contribution in [0, 0.1) is 0 Å². The minimum atomic E-state index is -0.132. The molecule has 0 aliphatic heterocycles. The van der Waals surface area contributed by atoms with Crippen molar-refractivity contribution < 1.29 is 9.59 Å². The number of carbonyl (C=O) groups excluding carboxylic acids is 2. The Hall–Kier alpha value is -2.14. The second-order valence-corrected chi connectivity index (χ2v) is 3.90. The lowest BCUT2D eigenvalue weighted by atomic mass is 10.2. The lowest BCUT2D eigenvalue weighted by molar-refractivity contribution is -0.115. The van der Waals surface area contributed by atoms with E-state index in [2.05, 4.69) is 22.5 Å². The molecule has 0 aromatic heterocycles. The van der Waals surface area contributed by atoms with E-state index in [-0.39, 0.29) is 18.4 Å². The summed E-state index contributed by atoms with van der Waals surface area (Å²) < 4.78 is 0. The fraction of sp³-hybridized carbons (Fsp3) is 0.286. The summed E-state index contributed by atoms with van der Waals surface area (Å²) in [5.74, 6) is -0.249. The summed E-state index contributed by atoms with van der Waals surface area (Å²) in [6.07, 6.45) is 1.69. The Balaban J connectivity index is 2.50. The molecule has 3 N–H and O–H groups in total. The number of hydrogen-bond donors (Lipinski definition) is 3. The summed E-state index contributed by atoms with van der Waals surface area (Å²) in [6.45, 7) is 6.82. The fourth-order valence-corrected chi connectivity index (χ4v) is 1.46. The number of hydrogen-bond acceptors (Lipinski definition) is 3. The van der Waals surface area contributed by atoms with Crippen LogP contribution in [0.25, 0.3) is 0 Å². The van der Waals surface area contributed by atoms with Crippen LogP contribution in [-0.2, 0) is 4.79 Å². The largest absolute Gasteiger partial charge is 0.352 e. The Morgan fingerprint density at radius 2 is 1.95 bits per heavy atom. The van der Waals surface area contributed by atoms with Gasteiger partial charge in [0, 0.05) is 24.3 Å². The van der Waals surface area contributed by atoms with E-state index in [1.165, 1.54) is 0 Å². The minimum Gasteiger partial charge on any atom is -0.352 e. The zero-order valence-electron chi connectivity index (χ0n) is 11.0. The zero-order valence-corrected chi connectivity index (χ0v) is 11.0. The maximum Gasteiger partial charge on any atom is 0.251 e. The Morgan fingerprint density at radius 3 is 2.53 bits per heavy atom. The van der Waals surface area contributed by atoms with E-state index >= 15 is 0 Å². The molecule has 0 bridgehead atoms. The van der Waals surface area contributed by atoms with E-state index in [9.17, 15) is 9.59 Å². The standard InChI is InChI=1S/C14H19N3O2/c1-3-9-15-10-13(18)17-12-7-5-11(6-8-12)14(19)16-4-2/h3,5-8,15H,1,4,9-10H2,2H3,(H,16,19)(H,17,18). The van der Waals surface area contributed by atoms with E-state index in [4.69, 9.17) is 0 Å². The number of amides is 2. The van der Waals surface area contributed by atoms with Crippen LogP contribution in [-0.4, -0.2) is 31.4 Å². The van der Waals surface area contributed by atoms with Crippen molar-refractivity contribution in [2.45, 2.75) is 6.92 Å². The summed E-state index contributed by atoms with van der Waals surface area (Å²) >= 11 is 0. The smallest absolute Gasteiger partial charge is 0.251 e. The normalized spacial score (nSPS) is 9.74. The Bertz CT molecular complexity index is 441. The maximum absolute atomic E-state index is 11.5. The number of benzene rings is 1. The molecule has 19 heavy (non-hydrogen) atoms. The Morgan fingerprint density at radius 1 is 1.26 bits per heavy atom. The van der Waals surface area contributed by atoms with Crippen LogP contribution in [0.1, 0.15) is 17.3 Å². The molecule has 0 aliphatic carbocycles. The van der Waals surface area contributed by atoms with Gasteiger partial charge in [-0.2, -0.15) is 0 Å². The molecule has 0 heterocycles. The van der Waals surface area contributed by atoms with Gasteiger partial charge in [0.05, 0.1) is 6.54 Å². The van der Waals surface area contributed by atoms with E-state index in [0.717, 1.165) is 0 Å². The van der Waals surface area contributed by atoms with Crippen LogP contribution in [0.15, 0.2) is 36.9 Å². The number of rotatable bonds is 7. The second-order valence-electron chi connectivity index (χ2n) is 3.90. The van der Waals surface area contributed by atoms with Gasteiger partial charge in [-0.1, -0.05) is 6.08 Å². The van der Waals surface area contributed by atoms with E-state index < -0.39 is 0 Å². The van der Waals surface area contributed by atoms with E-state index in [1.807, 2.05) is 6.92 Å². The van der Waals surface area contributed by atoms with Crippen molar-refractivity contribution in [2.24, 2.45) is 0 Å². The molecule has 1 aromatic carbocycles. The van der Waals surface area contributed by atoms with Gasteiger partial charge < -0.3 is 16.0 Å². The fourth-order valence-electron chi connectivity index (χ4n) is 1.46. The lowest BCUT2D eigenvalue weighted by Gasteiger charge is -2.07. The monoisotopic (exact) mass is 261 g/mol. The molecule has 0 atom stereocenters. The van der Waals surface area contributed by atoms with Gasteiger partial charge in [0.25, 0.3) is 5.91 Å². The molecule has 1 rings (SSSR count). The van der Waals surface area contributed by atoms with Gasteiger partial charge in [0.2, 0.25) is 5.91 Å². The van der Waals surface area contributed by atoms with Crippen LogP contribution < -0.4 is 16.0 Å². The first kappa shape index (κ1) is 14.9. The molecular weight excluding hydrogens is 242 g/mol. The summed E-state index contributed by atoms with van der Waals surface area (Å²) in [6, 6.07) is 6.77. The molecular formula is C14H19N3O2. The van der Waals surface area contributed by atoms with Gasteiger partial charge in [0.1, 0.15) is 0 Å². The highest BCUT2D eigenvalue weighted by atomic mass is 16.2. The predicted molar refractivity (Wildman–Crippen MR) is 76.1 cm³/mol. The molecule has 0 aliphatic rings. The van der Waals surface area contributed by atoms with Crippen LogP contribution in [0.3, 0.4) is 0 Å². The van der Waals surface area contributed by atoms with Crippen LogP contribution in [0.5, 0.6) is 0 Å². The van der Waals surface area contributed by atoms with Crippen molar-refractivity contribution in [1.29, 1.82) is 0 Å². The van der Waals surface area contributed by atoms with Gasteiger partial charge in [-0.15, -0.1) is 6.58 Å². The lowest BCUT2D eigenvalue weighted by Crippen LogP contribution is -2.28. The Labute approximate surface area is 113 Å². The van der Waals surface area contributed by atoms with Crippen molar-refractivity contribution in [2.75, 3.05) is 25.0 Å². The topological polar surface area (TPSA) is 70.2 Å². The molecule has 0 saturated carbocycles. The number of carbonyl (C=O) groups is 2. The summed E-state index contributed by atoms with van der Waals surface area (Å²) in [5.41, 5.74) is 1.24. The predicted octanol–water partition coefficient (Wildman–Crippen LogP) is 1.15. The van der Waals surface area contributed by atoms with Crippen molar-refractivity contribution in [3.8, 4) is 0 Å². The maximum atomic E-state index is 11.5. The summed E-state index contributed by atoms with van der Waals surface area (Å²) in [5, 5.41) is 8.35. The van der Waals surface area contributed by atoms with Gasteiger partial charge in [-0.05, 0) is 31.2 Å². The second kappa shape index (κ2) is 8.05. The van der Waals surface area contributed by atoms with E-state index in [1.54, 1.807) is 30.3 Å². The highest BCUT2D eigenvalue weighted by Gasteiger charge is 2.05. The van der Waals surface area contributed by atoms with Gasteiger partial charge in [-0.3, -0.25) is 9.59 Å². The van der Waals surface area contributed by atoms with Crippen LogP contribution in [0.4, 0.5) is 5.69 Å². The highest BCUT2D eigenvalue weighted by molar-refractivity contribution is 5.96. The quantitative estimate of drug-likeness (QED) is 0.509. The van der Waals surface area contributed by atoms with Crippen LogP contribution >= 0.6 is 0 Å². The highest BCUT2D eigenvalue weighted by Crippen LogP contribution is 2.09. The third-order valence-electron chi connectivity index (χ3n) is 2.34. The van der Waals surface area contributed by atoms with Crippen LogP contribution in [0.2, 0.25) is 0 Å². The number of nitrogens with one attached hydrogen (secondary N) is 3. The molecule has 1 aromatic rings. The molecule has 5 heteroatoms. The first-order valence-electron chi connectivity index (χ1n) is 6.17. The summed E-state index contributed by atoms with van der Waals surface area (Å²) in [4.78, 5) is 23.1.